The second kappa shape index (κ2) is 6.74. The molecule has 0 unspecified atom stereocenters. The van der Waals surface area contributed by atoms with Crippen LogP contribution in [0.15, 0.2) is 11.5 Å². The summed E-state index contributed by atoms with van der Waals surface area (Å²) in [5.74, 6) is 0.164. The molecule has 0 radical (unpaired) electrons. The predicted octanol–water partition coefficient (Wildman–Crippen LogP) is 0.319. The fraction of sp³-hybridized carbons (Fsp3) is 0.667. The van der Waals surface area contributed by atoms with Gasteiger partial charge in [0.05, 0.1) is 18.8 Å². The highest BCUT2D eigenvalue weighted by atomic mass is 32.2. The normalized spacial score (nSPS) is 16.2. The van der Waals surface area contributed by atoms with Crippen molar-refractivity contribution in [3.63, 3.8) is 0 Å². The molecule has 1 amide bonds. The van der Waals surface area contributed by atoms with Gasteiger partial charge in [-0.25, -0.2) is 0 Å². The monoisotopic (exact) mass is 298 g/mol. The van der Waals surface area contributed by atoms with Gasteiger partial charge in [-0.3, -0.25) is 9.59 Å². The lowest BCUT2D eigenvalue weighted by atomic mass is 9.97. The van der Waals surface area contributed by atoms with Gasteiger partial charge in [0.15, 0.2) is 5.16 Å². The van der Waals surface area contributed by atoms with E-state index in [-0.39, 0.29) is 17.8 Å². The Balaban J connectivity index is 1.77. The number of carbonyl (C=O) groups excluding carboxylic acids is 2. The van der Waals surface area contributed by atoms with Crippen molar-refractivity contribution >= 4 is 23.6 Å². The summed E-state index contributed by atoms with van der Waals surface area (Å²) in [4.78, 5) is 25.3. The molecular formula is C12H18N4O3S. The molecule has 1 aliphatic rings. The molecule has 0 bridgehead atoms. The van der Waals surface area contributed by atoms with E-state index in [9.17, 15) is 9.59 Å². The van der Waals surface area contributed by atoms with E-state index < -0.39 is 0 Å². The smallest absolute Gasteiger partial charge is 0.308 e. The summed E-state index contributed by atoms with van der Waals surface area (Å²) in [5.41, 5.74) is 0. The number of esters is 1. The summed E-state index contributed by atoms with van der Waals surface area (Å²) in [6, 6.07) is 0. The number of carbonyl (C=O) groups is 2. The number of aryl methyl sites for hydroxylation is 1. The van der Waals surface area contributed by atoms with Gasteiger partial charge in [0.1, 0.15) is 6.33 Å². The maximum absolute atomic E-state index is 12.1. The zero-order chi connectivity index (χ0) is 14.5. The van der Waals surface area contributed by atoms with Crippen molar-refractivity contribution in [2.75, 3.05) is 26.0 Å². The van der Waals surface area contributed by atoms with E-state index in [1.54, 1.807) is 15.8 Å². The quantitative estimate of drug-likeness (QED) is 0.588. The highest BCUT2D eigenvalue weighted by molar-refractivity contribution is 7.99. The first-order chi connectivity index (χ1) is 9.61. The fourth-order valence-corrected chi connectivity index (χ4v) is 2.94. The minimum Gasteiger partial charge on any atom is -0.469 e. The van der Waals surface area contributed by atoms with Gasteiger partial charge in [0.2, 0.25) is 5.91 Å². The Kier molecular flexibility index (Phi) is 4.99. The molecule has 0 aliphatic carbocycles. The van der Waals surface area contributed by atoms with Gasteiger partial charge in [0, 0.05) is 20.1 Å². The van der Waals surface area contributed by atoms with Crippen molar-refractivity contribution in [3.05, 3.63) is 6.33 Å². The number of rotatable bonds is 4. The summed E-state index contributed by atoms with van der Waals surface area (Å²) in [6.07, 6.45) is 2.95. The van der Waals surface area contributed by atoms with Gasteiger partial charge in [-0.05, 0) is 12.8 Å². The molecule has 1 aromatic rings. The van der Waals surface area contributed by atoms with E-state index in [0.29, 0.717) is 31.7 Å². The number of hydrogen-bond donors (Lipinski definition) is 0. The maximum atomic E-state index is 12.1. The first kappa shape index (κ1) is 14.8. The number of amides is 1. The molecule has 7 nitrogen and oxygen atoms in total. The number of likely N-dealkylation sites (tertiary alicyclic amines) is 1. The van der Waals surface area contributed by atoms with Gasteiger partial charge >= 0.3 is 5.97 Å². The molecule has 0 saturated carbocycles. The Morgan fingerprint density at radius 1 is 1.45 bits per heavy atom. The van der Waals surface area contributed by atoms with Crippen LogP contribution in [0.5, 0.6) is 0 Å². The van der Waals surface area contributed by atoms with Crippen LogP contribution in [0.3, 0.4) is 0 Å². The summed E-state index contributed by atoms with van der Waals surface area (Å²) in [6.45, 7) is 1.22. The van der Waals surface area contributed by atoms with Crippen molar-refractivity contribution in [1.29, 1.82) is 0 Å². The lowest BCUT2D eigenvalue weighted by Gasteiger charge is -2.30. The molecular weight excluding hydrogens is 280 g/mol. The highest BCUT2D eigenvalue weighted by Crippen LogP contribution is 2.20. The molecule has 1 fully saturated rings. The first-order valence-electron chi connectivity index (χ1n) is 6.44. The van der Waals surface area contributed by atoms with E-state index in [0.717, 1.165) is 5.16 Å². The van der Waals surface area contributed by atoms with Crippen LogP contribution in [-0.2, 0) is 21.4 Å². The van der Waals surface area contributed by atoms with Crippen LogP contribution in [0, 0.1) is 5.92 Å². The Morgan fingerprint density at radius 2 is 2.15 bits per heavy atom. The summed E-state index contributed by atoms with van der Waals surface area (Å²) < 4.78 is 6.51. The zero-order valence-electron chi connectivity index (χ0n) is 11.6. The Morgan fingerprint density at radius 3 is 2.70 bits per heavy atom. The fourth-order valence-electron chi connectivity index (χ4n) is 2.15. The van der Waals surface area contributed by atoms with E-state index in [4.69, 9.17) is 4.74 Å². The van der Waals surface area contributed by atoms with Gasteiger partial charge in [-0.15, -0.1) is 10.2 Å². The minimum atomic E-state index is -0.175. The third kappa shape index (κ3) is 3.50. The lowest BCUT2D eigenvalue weighted by Crippen LogP contribution is -2.41. The number of ether oxygens (including phenoxy) is 1. The minimum absolute atomic E-state index is 0.0707. The molecule has 1 saturated heterocycles. The Bertz CT molecular complexity index is 483. The third-order valence-electron chi connectivity index (χ3n) is 3.38. The Hall–Kier alpha value is -1.57. The van der Waals surface area contributed by atoms with Gasteiger partial charge in [-0.1, -0.05) is 11.8 Å². The van der Waals surface area contributed by atoms with Crippen molar-refractivity contribution < 1.29 is 14.3 Å². The zero-order valence-corrected chi connectivity index (χ0v) is 12.4. The van der Waals surface area contributed by atoms with Crippen LogP contribution in [0.25, 0.3) is 0 Å². The molecule has 0 aromatic carbocycles. The van der Waals surface area contributed by atoms with Crippen molar-refractivity contribution in [2.24, 2.45) is 13.0 Å². The number of hydrogen-bond acceptors (Lipinski definition) is 6. The Labute approximate surface area is 121 Å². The number of piperidine rings is 1. The third-order valence-corrected chi connectivity index (χ3v) is 4.40. The molecule has 1 aliphatic heterocycles. The molecule has 0 spiro atoms. The number of methoxy groups -OCH3 is 1. The largest absolute Gasteiger partial charge is 0.469 e. The molecule has 0 N–H and O–H groups in total. The summed E-state index contributed by atoms with van der Waals surface area (Å²) >= 11 is 1.37. The van der Waals surface area contributed by atoms with Crippen molar-refractivity contribution in [2.45, 2.75) is 18.0 Å². The van der Waals surface area contributed by atoms with E-state index in [1.807, 2.05) is 7.05 Å². The van der Waals surface area contributed by atoms with E-state index in [1.165, 1.54) is 18.9 Å². The first-order valence-corrected chi connectivity index (χ1v) is 7.42. The van der Waals surface area contributed by atoms with Crippen LogP contribution in [0.2, 0.25) is 0 Å². The lowest BCUT2D eigenvalue weighted by molar-refractivity contribution is -0.148. The predicted molar refractivity (Wildman–Crippen MR) is 73.0 cm³/mol. The average molecular weight is 298 g/mol. The van der Waals surface area contributed by atoms with E-state index >= 15 is 0 Å². The van der Waals surface area contributed by atoms with Gasteiger partial charge < -0.3 is 14.2 Å². The second-order valence-electron chi connectivity index (χ2n) is 4.69. The molecule has 20 heavy (non-hydrogen) atoms. The van der Waals surface area contributed by atoms with Crippen molar-refractivity contribution in [3.8, 4) is 0 Å². The van der Waals surface area contributed by atoms with Crippen LogP contribution >= 0.6 is 11.8 Å². The standard InChI is InChI=1S/C12H18N4O3S/c1-15-8-13-14-12(15)20-7-10(17)16-5-3-9(4-6-16)11(18)19-2/h8-9H,3-7H2,1-2H3. The number of aromatic nitrogens is 3. The molecule has 2 heterocycles. The highest BCUT2D eigenvalue weighted by Gasteiger charge is 2.27. The molecule has 110 valence electrons. The van der Waals surface area contributed by atoms with E-state index in [2.05, 4.69) is 10.2 Å². The molecule has 2 rings (SSSR count). The topological polar surface area (TPSA) is 77.3 Å². The second-order valence-corrected chi connectivity index (χ2v) is 5.63. The van der Waals surface area contributed by atoms with Gasteiger partial charge in [-0.2, -0.15) is 0 Å². The van der Waals surface area contributed by atoms with Crippen LogP contribution < -0.4 is 0 Å². The molecule has 0 atom stereocenters. The SMILES string of the molecule is COC(=O)C1CCN(C(=O)CSc2nncn2C)CC1. The summed E-state index contributed by atoms with van der Waals surface area (Å²) in [5, 5.41) is 8.41. The molecule has 1 aromatic heterocycles. The number of thioether (sulfide) groups is 1. The number of nitrogens with zero attached hydrogens (tertiary/aromatic N) is 4. The van der Waals surface area contributed by atoms with Crippen LogP contribution in [0.4, 0.5) is 0 Å². The van der Waals surface area contributed by atoms with Crippen molar-refractivity contribution in [1.82, 2.24) is 19.7 Å². The summed E-state index contributed by atoms with van der Waals surface area (Å²) in [7, 11) is 3.24. The van der Waals surface area contributed by atoms with Crippen LogP contribution in [0.1, 0.15) is 12.8 Å². The average Bonchev–Trinajstić information content (AvgIpc) is 2.89. The molecule has 8 heteroatoms. The van der Waals surface area contributed by atoms with Gasteiger partial charge in [0.25, 0.3) is 0 Å². The maximum Gasteiger partial charge on any atom is 0.308 e. The van der Waals surface area contributed by atoms with Crippen LogP contribution in [-0.4, -0.2) is 57.5 Å².